The van der Waals surface area contributed by atoms with Gasteiger partial charge in [-0.3, -0.25) is 4.79 Å². The second kappa shape index (κ2) is 61.5. The maximum absolute atomic E-state index is 13.1. The van der Waals surface area contributed by atoms with E-state index in [0.717, 1.165) is 70.6 Å². The van der Waals surface area contributed by atoms with Crippen molar-refractivity contribution in [1.29, 1.82) is 0 Å². The lowest BCUT2D eigenvalue weighted by Gasteiger charge is -2.40. The number of carbonyl (C=O) groups excluding carboxylic acids is 1. The van der Waals surface area contributed by atoms with Gasteiger partial charge in [-0.05, 0) is 77.0 Å². The number of rotatable bonds is 60. The molecule has 9 nitrogen and oxygen atoms in total. The minimum absolute atomic E-state index is 0.183. The molecule has 0 bridgehead atoms. The summed E-state index contributed by atoms with van der Waals surface area (Å²) in [7, 11) is 0. The summed E-state index contributed by atoms with van der Waals surface area (Å²) in [6.45, 7) is 3.67. The molecular weight excluding hydrogens is 1020 g/mol. The normalized spacial score (nSPS) is 18.8. The van der Waals surface area contributed by atoms with Crippen LogP contribution in [0.1, 0.15) is 316 Å². The van der Waals surface area contributed by atoms with E-state index in [1.165, 1.54) is 225 Å². The van der Waals surface area contributed by atoms with Crippen molar-refractivity contribution < 1.29 is 39.8 Å². The number of ether oxygens (including phenoxy) is 2. The van der Waals surface area contributed by atoms with Crippen molar-refractivity contribution in [2.45, 2.75) is 358 Å². The van der Waals surface area contributed by atoms with E-state index in [-0.39, 0.29) is 12.5 Å². The number of hydrogen-bond donors (Lipinski definition) is 6. The molecule has 6 N–H and O–H groups in total. The molecule has 0 aliphatic carbocycles. The molecule has 7 atom stereocenters. The third-order valence-corrected chi connectivity index (χ3v) is 16.2. The Bertz CT molecular complexity index is 1570. The first-order chi connectivity index (χ1) is 40.3. The molecule has 82 heavy (non-hydrogen) atoms. The molecule has 0 aromatic rings. The van der Waals surface area contributed by atoms with E-state index in [1.807, 2.05) is 6.08 Å². The summed E-state index contributed by atoms with van der Waals surface area (Å²) < 4.78 is 11.3. The molecule has 1 aliphatic heterocycles. The summed E-state index contributed by atoms with van der Waals surface area (Å²) in [5.41, 5.74) is 0. The van der Waals surface area contributed by atoms with Crippen LogP contribution in [0.15, 0.2) is 85.1 Å². The van der Waals surface area contributed by atoms with Crippen molar-refractivity contribution in [3.8, 4) is 0 Å². The van der Waals surface area contributed by atoms with Crippen molar-refractivity contribution in [3.63, 3.8) is 0 Å². The summed E-state index contributed by atoms with van der Waals surface area (Å²) in [6, 6.07) is -0.823. The van der Waals surface area contributed by atoms with Gasteiger partial charge in [0.2, 0.25) is 5.91 Å². The molecule has 1 heterocycles. The zero-order valence-corrected chi connectivity index (χ0v) is 53.2. The molecule has 0 spiro atoms. The van der Waals surface area contributed by atoms with Gasteiger partial charge in [-0.2, -0.15) is 0 Å². The smallest absolute Gasteiger partial charge is 0.220 e. The van der Waals surface area contributed by atoms with Crippen molar-refractivity contribution in [1.82, 2.24) is 5.32 Å². The highest BCUT2D eigenvalue weighted by molar-refractivity contribution is 5.76. The minimum Gasteiger partial charge on any atom is -0.394 e. The third-order valence-electron chi connectivity index (χ3n) is 16.2. The summed E-state index contributed by atoms with van der Waals surface area (Å²) in [5.74, 6) is -0.183. The van der Waals surface area contributed by atoms with Gasteiger partial charge >= 0.3 is 0 Å². The summed E-state index contributed by atoms with van der Waals surface area (Å²) >= 11 is 0. The van der Waals surface area contributed by atoms with Gasteiger partial charge in [0.25, 0.3) is 0 Å². The van der Waals surface area contributed by atoms with E-state index >= 15 is 0 Å². The molecule has 1 aliphatic rings. The van der Waals surface area contributed by atoms with E-state index in [1.54, 1.807) is 6.08 Å². The number of amides is 1. The van der Waals surface area contributed by atoms with Crippen molar-refractivity contribution in [2.75, 3.05) is 13.2 Å². The fraction of sp³-hybridized carbons (Fsp3) is 0.795. The number of carbonyl (C=O) groups is 1. The first kappa shape index (κ1) is 77.4. The van der Waals surface area contributed by atoms with Crippen LogP contribution in [0.2, 0.25) is 0 Å². The van der Waals surface area contributed by atoms with Gasteiger partial charge < -0.3 is 40.3 Å². The average molecular weight is 1150 g/mol. The molecule has 0 aromatic carbocycles. The van der Waals surface area contributed by atoms with Crippen molar-refractivity contribution >= 4 is 5.91 Å². The van der Waals surface area contributed by atoms with E-state index < -0.39 is 49.5 Å². The fourth-order valence-electron chi connectivity index (χ4n) is 10.8. The van der Waals surface area contributed by atoms with Crippen LogP contribution in [0.25, 0.3) is 0 Å². The van der Waals surface area contributed by atoms with Crippen molar-refractivity contribution in [2.24, 2.45) is 0 Å². The zero-order chi connectivity index (χ0) is 59.3. The standard InChI is InChI=1S/C73H131NO8/c1-3-5-7-9-11-13-15-17-19-21-23-24-25-26-27-28-29-30-31-32-33-34-35-36-37-38-39-40-41-42-43-44-45-47-49-51-53-55-57-59-61-63-69(77)74-66(65-81-73-72(80)71(79)70(78)68(64-75)82-73)67(76)62-60-58-56-54-52-50-48-46-22-20-18-16-14-12-10-8-6-4-2/h5,7,11,13,17,19,23-24,26-27,52,54,60,62,66-68,70-73,75-76,78-80H,3-4,6,8-10,12,14-16,18,20-22,25,28-51,53,55-59,61,63-65H2,1-2H3,(H,74,77)/b7-5-,13-11-,19-17-,24-23-,27-26-,54-52+,62-60+. The lowest BCUT2D eigenvalue weighted by Crippen LogP contribution is -2.60. The van der Waals surface area contributed by atoms with Gasteiger partial charge in [0.05, 0.1) is 25.4 Å². The number of nitrogens with one attached hydrogen (secondary N) is 1. The topological polar surface area (TPSA) is 149 Å². The van der Waals surface area contributed by atoms with Crippen LogP contribution in [-0.4, -0.2) is 87.5 Å². The molecule has 0 aromatic heterocycles. The van der Waals surface area contributed by atoms with Gasteiger partial charge in [-0.1, -0.05) is 317 Å². The molecule has 476 valence electrons. The van der Waals surface area contributed by atoms with E-state index in [2.05, 4.69) is 92.1 Å². The number of hydrogen-bond acceptors (Lipinski definition) is 8. The average Bonchev–Trinajstić information content (AvgIpc) is 3.57. The first-order valence-electron chi connectivity index (χ1n) is 34.8. The Morgan fingerprint density at radius 1 is 0.427 bits per heavy atom. The van der Waals surface area contributed by atoms with Crippen LogP contribution in [0.4, 0.5) is 0 Å². The van der Waals surface area contributed by atoms with Crippen LogP contribution in [0.5, 0.6) is 0 Å². The molecule has 1 rings (SSSR count). The number of allylic oxidation sites excluding steroid dienone is 13. The zero-order valence-electron chi connectivity index (χ0n) is 53.2. The lowest BCUT2D eigenvalue weighted by atomic mass is 9.99. The van der Waals surface area contributed by atoms with Crippen LogP contribution in [0, 0.1) is 0 Å². The Kier molecular flexibility index (Phi) is 58.0. The Hall–Kier alpha value is -2.63. The van der Waals surface area contributed by atoms with Gasteiger partial charge in [0, 0.05) is 6.42 Å². The predicted molar refractivity (Wildman–Crippen MR) is 350 cm³/mol. The highest BCUT2D eigenvalue weighted by Gasteiger charge is 2.44. The van der Waals surface area contributed by atoms with E-state index in [9.17, 15) is 30.3 Å². The molecule has 7 unspecified atom stereocenters. The van der Waals surface area contributed by atoms with Crippen LogP contribution < -0.4 is 5.32 Å². The molecule has 1 saturated heterocycles. The second-order valence-electron chi connectivity index (χ2n) is 23.9. The van der Waals surface area contributed by atoms with E-state index in [0.29, 0.717) is 6.42 Å². The van der Waals surface area contributed by atoms with Crippen LogP contribution >= 0.6 is 0 Å². The number of unbranched alkanes of at least 4 members (excludes halogenated alkanes) is 38. The van der Waals surface area contributed by atoms with Crippen molar-refractivity contribution in [3.05, 3.63) is 85.1 Å². The molecule has 0 saturated carbocycles. The summed E-state index contributed by atoms with van der Waals surface area (Å²) in [5, 5.41) is 54.6. The van der Waals surface area contributed by atoms with Gasteiger partial charge in [-0.25, -0.2) is 0 Å². The lowest BCUT2D eigenvalue weighted by molar-refractivity contribution is -0.302. The Balaban J connectivity index is 2.06. The summed E-state index contributed by atoms with van der Waals surface area (Å²) in [4.78, 5) is 13.1. The Morgan fingerprint density at radius 3 is 1.17 bits per heavy atom. The first-order valence-corrected chi connectivity index (χ1v) is 34.8. The van der Waals surface area contributed by atoms with Crippen LogP contribution in [0.3, 0.4) is 0 Å². The summed E-state index contributed by atoms with van der Waals surface area (Å²) in [6.07, 6.45) is 81.3. The molecule has 1 amide bonds. The Labute approximate surface area is 505 Å². The highest BCUT2D eigenvalue weighted by atomic mass is 16.7. The molecular formula is C73H131NO8. The van der Waals surface area contributed by atoms with Gasteiger partial charge in [0.15, 0.2) is 6.29 Å². The molecule has 0 radical (unpaired) electrons. The minimum atomic E-state index is -1.57. The predicted octanol–water partition coefficient (Wildman–Crippen LogP) is 18.9. The number of aliphatic hydroxyl groups excluding tert-OH is 5. The van der Waals surface area contributed by atoms with Gasteiger partial charge in [-0.15, -0.1) is 0 Å². The SMILES string of the molecule is CC/C=C\C/C=C\C/C=C\C/C=C\C/C=C\CCCCCCCCCCCCCCCCCCCCCCCCCCCC(=O)NC(COC1OC(CO)C(O)C(O)C1O)C(O)/C=C/CC/C=C/CCCCCCCCCCCCCC. The fourth-order valence-corrected chi connectivity index (χ4v) is 10.8. The van der Waals surface area contributed by atoms with Crippen LogP contribution in [-0.2, 0) is 14.3 Å². The van der Waals surface area contributed by atoms with E-state index in [4.69, 9.17) is 9.47 Å². The molecule has 1 fully saturated rings. The van der Waals surface area contributed by atoms with Gasteiger partial charge in [0.1, 0.15) is 24.4 Å². The monoisotopic (exact) mass is 1150 g/mol. The second-order valence-corrected chi connectivity index (χ2v) is 23.9. The Morgan fingerprint density at radius 2 is 0.768 bits per heavy atom. The maximum Gasteiger partial charge on any atom is 0.220 e. The number of aliphatic hydroxyl groups is 5. The largest absolute Gasteiger partial charge is 0.394 e. The third kappa shape index (κ3) is 49.6. The maximum atomic E-state index is 13.1. The molecule has 9 heteroatoms. The highest BCUT2D eigenvalue weighted by Crippen LogP contribution is 2.23. The quantitative estimate of drug-likeness (QED) is 0.0261.